The molecule has 8 heteroatoms. The van der Waals surface area contributed by atoms with Crippen LogP contribution in [0, 0.1) is 17.6 Å². The minimum atomic E-state index is -0.684. The largest absolute Gasteiger partial charge is 0.451 e. The molecule has 2 aromatic carbocycles. The SMILES string of the molecule is CNC(=O)C(CC(C)C)NC(=O)NCc1ccc(Oc2ccccc2F)c(F)c1. The number of likely N-dealkylation sites (N-methyl/N-ethyl adjacent to an activating group) is 1. The number of amides is 3. The Morgan fingerprint density at radius 3 is 2.34 bits per heavy atom. The number of carbonyl (C=O) groups is 2. The average Bonchev–Trinajstić information content (AvgIpc) is 2.68. The molecule has 0 saturated heterocycles. The average molecular weight is 405 g/mol. The first-order chi connectivity index (χ1) is 13.8. The van der Waals surface area contributed by atoms with Gasteiger partial charge in [0, 0.05) is 13.6 Å². The second-order valence-electron chi connectivity index (χ2n) is 6.92. The highest BCUT2D eigenvalue weighted by atomic mass is 19.1. The summed E-state index contributed by atoms with van der Waals surface area (Å²) in [5, 5.41) is 7.72. The fraction of sp³-hybridized carbons (Fsp3) is 0.333. The molecule has 0 radical (unpaired) electrons. The van der Waals surface area contributed by atoms with Crippen molar-refractivity contribution in [1.82, 2.24) is 16.0 Å². The molecule has 29 heavy (non-hydrogen) atoms. The Morgan fingerprint density at radius 1 is 1.03 bits per heavy atom. The third kappa shape index (κ3) is 6.74. The standard InChI is InChI=1S/C21H25F2N3O3/c1-13(2)10-17(20(27)24-3)26-21(28)25-12-14-8-9-19(16(23)11-14)29-18-7-5-4-6-15(18)22/h4-9,11,13,17H,10,12H2,1-3H3,(H,24,27)(H2,25,26,28). The van der Waals surface area contributed by atoms with Crippen molar-refractivity contribution in [2.45, 2.75) is 32.9 Å². The Labute approximate surface area is 168 Å². The number of halogens is 2. The Hall–Kier alpha value is -3.16. The molecule has 3 N–H and O–H groups in total. The van der Waals surface area contributed by atoms with E-state index >= 15 is 0 Å². The fourth-order valence-corrected chi connectivity index (χ4v) is 2.65. The van der Waals surface area contributed by atoms with E-state index in [1.165, 1.54) is 37.4 Å². The first kappa shape index (κ1) is 22.1. The number of hydrogen-bond donors (Lipinski definition) is 3. The van der Waals surface area contributed by atoms with Crippen molar-refractivity contribution in [2.75, 3.05) is 7.05 Å². The highest BCUT2D eigenvalue weighted by Crippen LogP contribution is 2.27. The van der Waals surface area contributed by atoms with E-state index in [-0.39, 0.29) is 29.9 Å². The van der Waals surface area contributed by atoms with E-state index in [4.69, 9.17) is 4.74 Å². The minimum Gasteiger partial charge on any atom is -0.451 e. The van der Waals surface area contributed by atoms with E-state index in [1.54, 1.807) is 12.1 Å². The highest BCUT2D eigenvalue weighted by molar-refractivity contribution is 5.86. The molecule has 156 valence electrons. The van der Waals surface area contributed by atoms with Gasteiger partial charge in [0.05, 0.1) is 0 Å². The number of carbonyl (C=O) groups excluding carboxylic acids is 2. The lowest BCUT2D eigenvalue weighted by Gasteiger charge is -2.19. The molecular formula is C21H25F2N3O3. The molecule has 0 aromatic heterocycles. The number of ether oxygens (including phenoxy) is 1. The van der Waals surface area contributed by atoms with Gasteiger partial charge in [-0.25, -0.2) is 13.6 Å². The third-order valence-electron chi connectivity index (χ3n) is 4.08. The molecule has 0 saturated carbocycles. The lowest BCUT2D eigenvalue weighted by molar-refractivity contribution is -0.122. The Balaban J connectivity index is 1.95. The highest BCUT2D eigenvalue weighted by Gasteiger charge is 2.20. The van der Waals surface area contributed by atoms with Crippen molar-refractivity contribution < 1.29 is 23.1 Å². The molecule has 0 fully saturated rings. The van der Waals surface area contributed by atoms with Crippen LogP contribution in [0.5, 0.6) is 11.5 Å². The van der Waals surface area contributed by atoms with Gasteiger partial charge in [0.2, 0.25) is 5.91 Å². The minimum absolute atomic E-state index is 0.0465. The molecule has 0 bridgehead atoms. The van der Waals surface area contributed by atoms with Crippen molar-refractivity contribution in [1.29, 1.82) is 0 Å². The van der Waals surface area contributed by atoms with Crippen LogP contribution in [0.3, 0.4) is 0 Å². The monoisotopic (exact) mass is 405 g/mol. The first-order valence-electron chi connectivity index (χ1n) is 9.27. The van der Waals surface area contributed by atoms with Crippen LogP contribution in [0.1, 0.15) is 25.8 Å². The van der Waals surface area contributed by atoms with Gasteiger partial charge in [-0.3, -0.25) is 4.79 Å². The van der Waals surface area contributed by atoms with Crippen LogP contribution in [-0.4, -0.2) is 25.0 Å². The molecule has 0 spiro atoms. The number of nitrogens with one attached hydrogen (secondary N) is 3. The smallest absolute Gasteiger partial charge is 0.315 e. The van der Waals surface area contributed by atoms with Gasteiger partial charge in [0.15, 0.2) is 23.1 Å². The van der Waals surface area contributed by atoms with E-state index < -0.39 is 23.7 Å². The zero-order chi connectivity index (χ0) is 21.4. The fourth-order valence-electron chi connectivity index (χ4n) is 2.65. The van der Waals surface area contributed by atoms with Gasteiger partial charge in [-0.05, 0) is 42.2 Å². The van der Waals surface area contributed by atoms with Crippen LogP contribution in [0.4, 0.5) is 13.6 Å². The zero-order valence-corrected chi connectivity index (χ0v) is 16.6. The first-order valence-corrected chi connectivity index (χ1v) is 9.27. The summed E-state index contributed by atoms with van der Waals surface area (Å²) >= 11 is 0. The molecular weight excluding hydrogens is 380 g/mol. The Morgan fingerprint density at radius 2 is 1.72 bits per heavy atom. The predicted octanol–water partition coefficient (Wildman–Crippen LogP) is 3.72. The number of rotatable bonds is 8. The topological polar surface area (TPSA) is 79.5 Å². The number of hydrogen-bond acceptors (Lipinski definition) is 3. The second-order valence-corrected chi connectivity index (χ2v) is 6.92. The molecule has 3 amide bonds. The van der Waals surface area contributed by atoms with Gasteiger partial charge in [-0.15, -0.1) is 0 Å². The summed E-state index contributed by atoms with van der Waals surface area (Å²) in [6.07, 6.45) is 0.490. The lowest BCUT2D eigenvalue weighted by atomic mass is 10.0. The maximum atomic E-state index is 14.3. The molecule has 2 rings (SSSR count). The second kappa shape index (κ2) is 10.4. The third-order valence-corrected chi connectivity index (χ3v) is 4.08. The van der Waals surface area contributed by atoms with Crippen LogP contribution in [0.25, 0.3) is 0 Å². The van der Waals surface area contributed by atoms with E-state index in [1.807, 2.05) is 13.8 Å². The normalized spacial score (nSPS) is 11.7. The van der Waals surface area contributed by atoms with Crippen molar-refractivity contribution in [2.24, 2.45) is 5.92 Å². The summed E-state index contributed by atoms with van der Waals surface area (Å²) < 4.78 is 33.2. The number of benzene rings is 2. The lowest BCUT2D eigenvalue weighted by Crippen LogP contribution is -2.49. The van der Waals surface area contributed by atoms with Crippen LogP contribution in [-0.2, 0) is 11.3 Å². The van der Waals surface area contributed by atoms with Crippen molar-refractivity contribution in [3.05, 3.63) is 59.7 Å². The predicted molar refractivity (Wildman–Crippen MR) is 106 cm³/mol. The van der Waals surface area contributed by atoms with Crippen LogP contribution < -0.4 is 20.7 Å². The molecule has 1 unspecified atom stereocenters. The molecule has 0 aliphatic rings. The van der Waals surface area contributed by atoms with Gasteiger partial charge in [-0.2, -0.15) is 0 Å². The van der Waals surface area contributed by atoms with E-state index in [0.29, 0.717) is 12.0 Å². The van der Waals surface area contributed by atoms with Crippen molar-refractivity contribution >= 4 is 11.9 Å². The summed E-state index contributed by atoms with van der Waals surface area (Å²) in [6, 6.07) is 8.63. The van der Waals surface area contributed by atoms with Crippen molar-refractivity contribution in [3.63, 3.8) is 0 Å². The van der Waals surface area contributed by atoms with Gasteiger partial charge < -0.3 is 20.7 Å². The van der Waals surface area contributed by atoms with E-state index in [2.05, 4.69) is 16.0 Å². The molecule has 0 aliphatic heterocycles. The van der Waals surface area contributed by atoms with Gasteiger partial charge in [-0.1, -0.05) is 32.0 Å². The number of urea groups is 1. The van der Waals surface area contributed by atoms with Gasteiger partial charge in [0.25, 0.3) is 0 Å². The summed E-state index contributed by atoms with van der Waals surface area (Å²) in [4.78, 5) is 24.0. The molecule has 6 nitrogen and oxygen atoms in total. The quantitative estimate of drug-likeness (QED) is 0.626. The zero-order valence-electron chi connectivity index (χ0n) is 16.6. The summed E-state index contributed by atoms with van der Waals surface area (Å²) in [5.41, 5.74) is 0.485. The Bertz CT molecular complexity index is 859. The number of para-hydroxylation sites is 1. The van der Waals surface area contributed by atoms with Gasteiger partial charge in [0.1, 0.15) is 6.04 Å². The van der Waals surface area contributed by atoms with Gasteiger partial charge >= 0.3 is 6.03 Å². The van der Waals surface area contributed by atoms with Crippen molar-refractivity contribution in [3.8, 4) is 11.5 Å². The maximum Gasteiger partial charge on any atom is 0.315 e. The van der Waals surface area contributed by atoms with Crippen LogP contribution >= 0.6 is 0 Å². The van der Waals surface area contributed by atoms with E-state index in [0.717, 1.165) is 0 Å². The van der Waals surface area contributed by atoms with Crippen LogP contribution in [0.15, 0.2) is 42.5 Å². The maximum absolute atomic E-state index is 14.3. The molecule has 2 aromatic rings. The molecule has 0 aliphatic carbocycles. The van der Waals surface area contributed by atoms with Crippen LogP contribution in [0.2, 0.25) is 0 Å². The molecule has 0 heterocycles. The summed E-state index contributed by atoms with van der Waals surface area (Å²) in [5.74, 6) is -1.55. The summed E-state index contributed by atoms with van der Waals surface area (Å²) in [7, 11) is 1.50. The summed E-state index contributed by atoms with van der Waals surface area (Å²) in [6.45, 7) is 3.94. The van der Waals surface area contributed by atoms with E-state index in [9.17, 15) is 18.4 Å². The Kier molecular flexibility index (Phi) is 7.94. The molecule has 1 atom stereocenters.